The molecule has 5 rings (SSSR count). The van der Waals surface area contributed by atoms with Crippen LogP contribution in [0.25, 0.3) is 0 Å². The van der Waals surface area contributed by atoms with E-state index in [0.717, 1.165) is 28.9 Å². The van der Waals surface area contributed by atoms with Crippen LogP contribution in [0.15, 0.2) is 48.5 Å². The fraction of sp³-hybridized carbons (Fsp3) is 0.435. The van der Waals surface area contributed by atoms with Crippen LogP contribution in [0.1, 0.15) is 37.7 Å². The van der Waals surface area contributed by atoms with Crippen LogP contribution in [0.3, 0.4) is 0 Å². The molecule has 0 radical (unpaired) electrons. The maximum atomic E-state index is 13.6. The van der Waals surface area contributed by atoms with Crippen molar-refractivity contribution in [3.8, 4) is 0 Å². The average molecular weight is 376 g/mol. The highest BCUT2D eigenvalue weighted by Crippen LogP contribution is 2.42. The Morgan fingerprint density at radius 1 is 1.00 bits per heavy atom. The van der Waals surface area contributed by atoms with Gasteiger partial charge in [-0.2, -0.15) is 0 Å². The minimum absolute atomic E-state index is 0.101. The van der Waals surface area contributed by atoms with Crippen LogP contribution in [0.2, 0.25) is 0 Å². The van der Waals surface area contributed by atoms with Gasteiger partial charge in [0.15, 0.2) is 0 Å². The molecule has 2 aromatic carbocycles. The first-order valence-electron chi connectivity index (χ1n) is 10.3. The third kappa shape index (κ3) is 2.85. The average Bonchev–Trinajstić information content (AvgIpc) is 2.86. The van der Waals surface area contributed by atoms with Gasteiger partial charge in [0.1, 0.15) is 5.69 Å². The molecule has 5 heteroatoms. The zero-order chi connectivity index (χ0) is 19.3. The molecule has 2 unspecified atom stereocenters. The van der Waals surface area contributed by atoms with E-state index in [1.807, 2.05) is 48.5 Å². The summed E-state index contributed by atoms with van der Waals surface area (Å²) in [4.78, 5) is 30.6. The molecule has 2 atom stereocenters. The highest BCUT2D eigenvalue weighted by atomic mass is 16.3. The maximum Gasteiger partial charge on any atom is 0.280 e. The summed E-state index contributed by atoms with van der Waals surface area (Å²) < 4.78 is 0.997. The second kappa shape index (κ2) is 6.82. The Balaban J connectivity index is 1.49. The maximum absolute atomic E-state index is 13.6. The zero-order valence-corrected chi connectivity index (χ0v) is 16.3. The molecule has 2 fully saturated rings. The van der Waals surface area contributed by atoms with Crippen molar-refractivity contribution in [2.75, 3.05) is 11.9 Å². The molecule has 144 valence electrons. The van der Waals surface area contributed by atoms with Gasteiger partial charge in [-0.1, -0.05) is 30.3 Å². The molecule has 3 aliphatic heterocycles. The van der Waals surface area contributed by atoms with Crippen LogP contribution >= 0.6 is 0 Å². The van der Waals surface area contributed by atoms with Crippen LogP contribution in [0.5, 0.6) is 0 Å². The number of carbonyl (C=O) groups is 1. The lowest BCUT2D eigenvalue weighted by Crippen LogP contribution is -2.41. The SMILES string of the molecule is CN1C2CCC1CC(CC(=O)N1c3ccccc3C[N+](=O)c3ccccc31)C2. The number of hydrogen-bond acceptors (Lipinski definition) is 3. The van der Waals surface area contributed by atoms with Gasteiger partial charge >= 0.3 is 0 Å². The number of hydrogen-bond donors (Lipinski definition) is 0. The van der Waals surface area contributed by atoms with E-state index in [-0.39, 0.29) is 12.5 Å². The molecular formula is C23H26N3O2+. The van der Waals surface area contributed by atoms with Crippen molar-refractivity contribution in [3.63, 3.8) is 0 Å². The number of fused-ring (bicyclic) bond motifs is 4. The predicted octanol–water partition coefficient (Wildman–Crippen LogP) is 4.54. The van der Waals surface area contributed by atoms with E-state index in [1.165, 1.54) is 12.8 Å². The molecule has 3 aliphatic rings. The summed E-state index contributed by atoms with van der Waals surface area (Å²) in [6.45, 7) is 0.259. The number of benzene rings is 2. The molecule has 3 heterocycles. The summed E-state index contributed by atoms with van der Waals surface area (Å²) in [5, 5.41) is 0. The van der Waals surface area contributed by atoms with E-state index in [1.54, 1.807) is 4.90 Å². The van der Waals surface area contributed by atoms with Gasteiger partial charge in [0, 0.05) is 39.8 Å². The standard InChI is InChI=1S/C23H26N3O2/c1-24-18-10-11-19(24)13-16(12-18)14-23(27)26-20-7-3-2-6-17(20)15-25(28)21-8-4-5-9-22(21)26/h2-9,16,18-19H,10-15H2,1H3/q+1. The number of piperidine rings is 1. The van der Waals surface area contributed by atoms with Crippen molar-refractivity contribution in [2.24, 2.45) is 5.92 Å². The highest BCUT2D eigenvalue weighted by molar-refractivity contribution is 6.03. The van der Waals surface area contributed by atoms with E-state index >= 15 is 0 Å². The molecule has 2 bridgehead atoms. The van der Waals surface area contributed by atoms with Crippen molar-refractivity contribution in [2.45, 2.75) is 50.7 Å². The Bertz CT molecular complexity index is 927. The van der Waals surface area contributed by atoms with Crippen LogP contribution < -0.4 is 4.90 Å². The van der Waals surface area contributed by atoms with Crippen LogP contribution in [0, 0.1) is 10.8 Å². The van der Waals surface area contributed by atoms with Gasteiger partial charge in [-0.25, -0.2) is 0 Å². The Kier molecular flexibility index (Phi) is 4.27. The fourth-order valence-corrected chi connectivity index (χ4v) is 5.39. The van der Waals surface area contributed by atoms with E-state index in [0.29, 0.717) is 35.8 Å². The monoisotopic (exact) mass is 376 g/mol. The normalized spacial score (nSPS) is 26.5. The Morgan fingerprint density at radius 3 is 2.39 bits per heavy atom. The summed E-state index contributed by atoms with van der Waals surface area (Å²) in [5.74, 6) is 0.524. The second-order valence-electron chi connectivity index (χ2n) is 8.48. The molecule has 0 aromatic heterocycles. The molecule has 2 aromatic rings. The van der Waals surface area contributed by atoms with E-state index < -0.39 is 0 Å². The molecule has 0 saturated carbocycles. The van der Waals surface area contributed by atoms with E-state index in [4.69, 9.17) is 0 Å². The largest absolute Gasteiger partial charge is 0.300 e. The summed E-state index contributed by atoms with van der Waals surface area (Å²) in [6, 6.07) is 16.5. The van der Waals surface area contributed by atoms with Gasteiger partial charge in [0.25, 0.3) is 5.69 Å². The third-order valence-electron chi connectivity index (χ3n) is 6.85. The number of anilines is 2. The van der Waals surface area contributed by atoms with Crippen molar-refractivity contribution < 1.29 is 9.55 Å². The molecule has 1 amide bonds. The molecule has 28 heavy (non-hydrogen) atoms. The lowest BCUT2D eigenvalue weighted by atomic mass is 9.88. The van der Waals surface area contributed by atoms with Crippen molar-refractivity contribution >= 4 is 23.0 Å². The lowest BCUT2D eigenvalue weighted by Gasteiger charge is -2.36. The van der Waals surface area contributed by atoms with Crippen LogP contribution in [-0.4, -0.2) is 34.7 Å². The summed E-state index contributed by atoms with van der Waals surface area (Å²) >= 11 is 0. The van der Waals surface area contributed by atoms with E-state index in [2.05, 4.69) is 11.9 Å². The Morgan fingerprint density at radius 2 is 1.64 bits per heavy atom. The number of amides is 1. The quantitative estimate of drug-likeness (QED) is 0.723. The lowest BCUT2D eigenvalue weighted by molar-refractivity contribution is -0.478. The number of para-hydroxylation sites is 3. The van der Waals surface area contributed by atoms with Gasteiger partial charge in [0.05, 0.1) is 5.69 Å². The first-order valence-corrected chi connectivity index (χ1v) is 10.3. The topological polar surface area (TPSA) is 43.6 Å². The van der Waals surface area contributed by atoms with Crippen LogP contribution in [0.4, 0.5) is 17.1 Å². The number of carbonyl (C=O) groups excluding carboxylic acids is 1. The molecule has 5 nitrogen and oxygen atoms in total. The van der Waals surface area contributed by atoms with Gasteiger partial charge in [-0.3, -0.25) is 9.69 Å². The molecule has 0 N–H and O–H groups in total. The molecule has 0 aliphatic carbocycles. The van der Waals surface area contributed by atoms with Crippen molar-refractivity contribution in [3.05, 3.63) is 59.0 Å². The minimum Gasteiger partial charge on any atom is -0.300 e. The first-order chi connectivity index (χ1) is 13.6. The summed E-state index contributed by atoms with van der Waals surface area (Å²) in [7, 11) is 2.23. The minimum atomic E-state index is 0.101. The fourth-order valence-electron chi connectivity index (χ4n) is 5.39. The molecule has 2 saturated heterocycles. The first kappa shape index (κ1) is 17.6. The zero-order valence-electron chi connectivity index (χ0n) is 16.3. The van der Waals surface area contributed by atoms with Gasteiger partial charge in [0.2, 0.25) is 12.5 Å². The van der Waals surface area contributed by atoms with Crippen molar-refractivity contribution in [1.29, 1.82) is 0 Å². The molecular weight excluding hydrogens is 350 g/mol. The smallest absolute Gasteiger partial charge is 0.280 e. The highest BCUT2D eigenvalue weighted by Gasteiger charge is 2.40. The second-order valence-corrected chi connectivity index (χ2v) is 8.48. The van der Waals surface area contributed by atoms with Gasteiger partial charge < -0.3 is 4.90 Å². The number of rotatable bonds is 2. The number of nitroso groups, excluding NO2 is 1. The Hall–Kier alpha value is -2.53. The Labute approximate surface area is 165 Å². The van der Waals surface area contributed by atoms with Gasteiger partial charge in [-0.15, -0.1) is 0 Å². The van der Waals surface area contributed by atoms with Gasteiger partial charge in [-0.05, 0) is 50.8 Å². The summed E-state index contributed by atoms with van der Waals surface area (Å²) in [5.41, 5.74) is 3.00. The van der Waals surface area contributed by atoms with E-state index in [9.17, 15) is 9.70 Å². The summed E-state index contributed by atoms with van der Waals surface area (Å²) in [6.07, 6.45) is 5.26. The van der Waals surface area contributed by atoms with Crippen molar-refractivity contribution in [1.82, 2.24) is 4.90 Å². The number of nitrogens with zero attached hydrogens (tertiary/aromatic N) is 3. The third-order valence-corrected chi connectivity index (χ3v) is 6.85. The van der Waals surface area contributed by atoms with Crippen LogP contribution in [-0.2, 0) is 11.3 Å². The predicted molar refractivity (Wildman–Crippen MR) is 109 cm³/mol. The molecule has 0 spiro atoms.